The van der Waals surface area contributed by atoms with Crippen LogP contribution in [0.1, 0.15) is 38.4 Å². The molecule has 1 aromatic rings. The Morgan fingerprint density at radius 1 is 1.40 bits per heavy atom. The average Bonchev–Trinajstić information content (AvgIpc) is 3.23. The molecule has 0 bridgehead atoms. The highest BCUT2D eigenvalue weighted by atomic mass is 16.3. The molecule has 20 heavy (non-hydrogen) atoms. The number of nitrogens with zero attached hydrogens (tertiary/aromatic N) is 1. The summed E-state index contributed by atoms with van der Waals surface area (Å²) in [5.74, 6) is 0.745. The van der Waals surface area contributed by atoms with Crippen molar-refractivity contribution in [2.24, 2.45) is 5.92 Å². The first-order chi connectivity index (χ1) is 9.50. The number of hydrogen-bond donors (Lipinski definition) is 2. The molecule has 3 heteroatoms. The quantitative estimate of drug-likeness (QED) is 0.653. The zero-order chi connectivity index (χ0) is 14.3. The summed E-state index contributed by atoms with van der Waals surface area (Å²) in [4.78, 5) is 0. The molecule has 3 rings (SSSR count). The van der Waals surface area contributed by atoms with E-state index < -0.39 is 11.7 Å². The predicted octanol–water partition coefficient (Wildman–Crippen LogP) is 2.01. The third-order valence-corrected chi connectivity index (χ3v) is 4.32. The Bertz CT molecular complexity index is 570. The van der Waals surface area contributed by atoms with Crippen LogP contribution in [0.15, 0.2) is 48.2 Å². The maximum atomic E-state index is 10.5. The Labute approximate surface area is 119 Å². The van der Waals surface area contributed by atoms with E-state index in [1.165, 1.54) is 12.8 Å². The summed E-state index contributed by atoms with van der Waals surface area (Å²) in [5.41, 5.74) is 0.678. The van der Waals surface area contributed by atoms with Gasteiger partial charge in [0.2, 0.25) is 11.7 Å². The summed E-state index contributed by atoms with van der Waals surface area (Å²) in [7, 11) is 0. The van der Waals surface area contributed by atoms with Crippen molar-refractivity contribution in [2.75, 3.05) is 0 Å². The van der Waals surface area contributed by atoms with Gasteiger partial charge in [-0.1, -0.05) is 12.2 Å². The topological polar surface area (TPSA) is 44.3 Å². The van der Waals surface area contributed by atoms with Crippen LogP contribution in [0.5, 0.6) is 0 Å². The molecule has 1 aliphatic carbocycles. The SMILES string of the molecule is CC(/C=C/C1CC1)=C\[C@H]1[C@H](O)[C@@](C)(O)c2cccc[n+]21. The number of aliphatic hydroxyl groups is 2. The molecule has 0 unspecified atom stereocenters. The van der Waals surface area contributed by atoms with Gasteiger partial charge in [0.1, 0.15) is 0 Å². The van der Waals surface area contributed by atoms with E-state index >= 15 is 0 Å². The molecule has 1 fully saturated rings. The minimum Gasteiger partial charge on any atom is -0.382 e. The Kier molecular flexibility index (Phi) is 3.27. The van der Waals surface area contributed by atoms with Crippen molar-refractivity contribution in [2.45, 2.75) is 44.4 Å². The second-order valence-corrected chi connectivity index (χ2v) is 6.18. The van der Waals surface area contributed by atoms with Crippen molar-refractivity contribution < 1.29 is 14.8 Å². The molecule has 106 valence electrons. The van der Waals surface area contributed by atoms with Crippen molar-refractivity contribution in [1.29, 1.82) is 0 Å². The largest absolute Gasteiger partial charge is 0.382 e. The van der Waals surface area contributed by atoms with Crippen molar-refractivity contribution in [3.8, 4) is 0 Å². The van der Waals surface area contributed by atoms with Crippen molar-refractivity contribution >= 4 is 0 Å². The number of hydrogen-bond acceptors (Lipinski definition) is 2. The normalized spacial score (nSPS) is 33.7. The van der Waals surface area contributed by atoms with Crippen LogP contribution in [0.3, 0.4) is 0 Å². The van der Waals surface area contributed by atoms with Gasteiger partial charge in [-0.2, -0.15) is 4.57 Å². The van der Waals surface area contributed by atoms with E-state index in [0.29, 0.717) is 0 Å². The van der Waals surface area contributed by atoms with E-state index in [-0.39, 0.29) is 6.04 Å². The fourth-order valence-electron chi connectivity index (χ4n) is 2.85. The second-order valence-electron chi connectivity index (χ2n) is 6.18. The standard InChI is InChI=1S/C17H22NO2/c1-12(6-7-13-8-9-13)11-14-16(19)17(2,20)15-5-3-4-10-18(14)15/h3-7,10-11,13-14,16,19-20H,8-9H2,1-2H3/q+1/b7-6+,12-11+/t14-,16-,17-/m0/s1. The lowest BCUT2D eigenvalue weighted by Crippen LogP contribution is -2.39. The first-order valence-corrected chi connectivity index (χ1v) is 7.28. The fourth-order valence-corrected chi connectivity index (χ4v) is 2.85. The maximum Gasteiger partial charge on any atom is 0.216 e. The van der Waals surface area contributed by atoms with E-state index in [1.54, 1.807) is 6.92 Å². The Morgan fingerprint density at radius 2 is 2.15 bits per heavy atom. The molecule has 0 amide bonds. The second kappa shape index (κ2) is 4.83. The lowest BCUT2D eigenvalue weighted by molar-refractivity contribution is -0.711. The molecule has 2 aliphatic rings. The maximum absolute atomic E-state index is 10.5. The highest BCUT2D eigenvalue weighted by Crippen LogP contribution is 2.35. The fraction of sp³-hybridized carbons (Fsp3) is 0.471. The summed E-state index contributed by atoms with van der Waals surface area (Å²) < 4.78 is 1.96. The van der Waals surface area contributed by atoms with Crippen LogP contribution in [-0.2, 0) is 5.60 Å². The van der Waals surface area contributed by atoms with Gasteiger partial charge < -0.3 is 10.2 Å². The van der Waals surface area contributed by atoms with Crippen LogP contribution in [0.4, 0.5) is 0 Å². The van der Waals surface area contributed by atoms with Gasteiger partial charge in [-0.05, 0) is 50.3 Å². The third-order valence-electron chi connectivity index (χ3n) is 4.32. The number of pyridine rings is 1. The monoisotopic (exact) mass is 272 g/mol. The predicted molar refractivity (Wildman–Crippen MR) is 76.9 cm³/mol. The average molecular weight is 272 g/mol. The van der Waals surface area contributed by atoms with Gasteiger partial charge >= 0.3 is 0 Å². The lowest BCUT2D eigenvalue weighted by atomic mass is 9.94. The molecule has 0 aromatic carbocycles. The molecule has 1 aliphatic heterocycles. The van der Waals surface area contributed by atoms with Gasteiger partial charge in [0.05, 0.1) is 0 Å². The number of rotatable bonds is 3. The molecule has 1 aromatic heterocycles. The molecule has 2 N–H and O–H groups in total. The van der Waals surface area contributed by atoms with Gasteiger partial charge in [0.25, 0.3) is 0 Å². The smallest absolute Gasteiger partial charge is 0.216 e. The Hall–Kier alpha value is -1.45. The van der Waals surface area contributed by atoms with E-state index in [9.17, 15) is 10.2 Å². The Balaban J connectivity index is 1.91. The molecule has 1 saturated carbocycles. The molecular weight excluding hydrogens is 250 g/mol. The minimum absolute atomic E-state index is 0.218. The summed E-state index contributed by atoms with van der Waals surface area (Å²) in [6.07, 6.45) is 10.1. The van der Waals surface area contributed by atoms with Crippen LogP contribution in [-0.4, -0.2) is 16.3 Å². The molecule has 3 atom stereocenters. The van der Waals surface area contributed by atoms with E-state index in [1.807, 2.05) is 42.0 Å². The van der Waals surface area contributed by atoms with E-state index in [2.05, 4.69) is 12.2 Å². The summed E-state index contributed by atoms with van der Waals surface area (Å²) in [5, 5.41) is 20.9. The highest BCUT2D eigenvalue weighted by molar-refractivity contribution is 5.22. The van der Waals surface area contributed by atoms with Crippen LogP contribution in [0.25, 0.3) is 0 Å². The number of fused-ring (bicyclic) bond motifs is 1. The zero-order valence-electron chi connectivity index (χ0n) is 12.0. The van der Waals surface area contributed by atoms with Crippen LogP contribution >= 0.6 is 0 Å². The van der Waals surface area contributed by atoms with E-state index in [0.717, 1.165) is 17.2 Å². The van der Waals surface area contributed by atoms with Crippen LogP contribution < -0.4 is 4.57 Å². The first-order valence-electron chi connectivity index (χ1n) is 7.28. The summed E-state index contributed by atoms with van der Waals surface area (Å²) >= 11 is 0. The van der Waals surface area contributed by atoms with Gasteiger partial charge in [-0.25, -0.2) is 0 Å². The van der Waals surface area contributed by atoms with Crippen LogP contribution in [0, 0.1) is 5.92 Å². The van der Waals surface area contributed by atoms with Gasteiger partial charge in [0, 0.05) is 12.1 Å². The van der Waals surface area contributed by atoms with Crippen molar-refractivity contribution in [3.63, 3.8) is 0 Å². The summed E-state index contributed by atoms with van der Waals surface area (Å²) in [6.45, 7) is 3.72. The zero-order valence-corrected chi connectivity index (χ0v) is 12.0. The first kappa shape index (κ1) is 13.5. The minimum atomic E-state index is -1.21. The molecule has 0 radical (unpaired) electrons. The molecular formula is C17H22NO2+. The number of aliphatic hydroxyl groups excluding tert-OH is 1. The summed E-state index contributed by atoms with van der Waals surface area (Å²) in [6, 6.07) is 5.46. The Morgan fingerprint density at radius 3 is 2.85 bits per heavy atom. The lowest BCUT2D eigenvalue weighted by Gasteiger charge is -2.17. The van der Waals surface area contributed by atoms with Gasteiger partial charge in [-0.3, -0.25) is 0 Å². The van der Waals surface area contributed by atoms with Gasteiger partial charge in [0.15, 0.2) is 17.9 Å². The highest BCUT2D eigenvalue weighted by Gasteiger charge is 2.53. The van der Waals surface area contributed by atoms with Crippen LogP contribution in [0.2, 0.25) is 0 Å². The molecule has 0 spiro atoms. The third kappa shape index (κ3) is 2.32. The van der Waals surface area contributed by atoms with E-state index in [4.69, 9.17) is 0 Å². The van der Waals surface area contributed by atoms with Gasteiger partial charge in [-0.15, -0.1) is 0 Å². The number of aromatic nitrogens is 1. The molecule has 0 saturated heterocycles. The molecule has 2 heterocycles. The molecule has 3 nitrogen and oxygen atoms in total. The number of allylic oxidation sites excluding steroid dienone is 3. The van der Waals surface area contributed by atoms with Crippen molar-refractivity contribution in [1.82, 2.24) is 0 Å². The van der Waals surface area contributed by atoms with Crippen molar-refractivity contribution in [3.05, 3.63) is 53.9 Å².